The number of carbonyl (C=O) groups excluding carboxylic acids is 1. The van der Waals surface area contributed by atoms with Crippen LogP contribution in [-0.4, -0.2) is 43.5 Å². The summed E-state index contributed by atoms with van der Waals surface area (Å²) in [6, 6.07) is 7.81. The Morgan fingerprint density at radius 3 is 2.72 bits per heavy atom. The smallest absolute Gasteiger partial charge is 0.245 e. The average Bonchev–Trinajstić information content (AvgIpc) is 2.49. The fraction of sp³-hybridized carbons (Fsp3) is 0.500. The van der Waals surface area contributed by atoms with E-state index in [1.54, 1.807) is 0 Å². The van der Waals surface area contributed by atoms with Crippen molar-refractivity contribution in [1.29, 1.82) is 0 Å². The van der Waals surface area contributed by atoms with Gasteiger partial charge in [0.25, 0.3) is 0 Å². The van der Waals surface area contributed by atoms with Gasteiger partial charge in [0.05, 0.1) is 0 Å². The lowest BCUT2D eigenvalue weighted by Crippen LogP contribution is -2.48. The van der Waals surface area contributed by atoms with Gasteiger partial charge in [-0.15, -0.1) is 0 Å². The molecule has 0 aliphatic carbocycles. The fourth-order valence-electron chi connectivity index (χ4n) is 2.50. The number of hydrogen-bond donors (Lipinski definition) is 1. The number of aryl methyl sites for hydroxylation is 1. The third-order valence-electron chi connectivity index (χ3n) is 3.61. The van der Waals surface area contributed by atoms with Crippen molar-refractivity contribution < 1.29 is 4.79 Å². The molecular weight excluding hydrogens is 226 g/mol. The summed E-state index contributed by atoms with van der Waals surface area (Å²) in [6.45, 7) is 4.09. The van der Waals surface area contributed by atoms with Crippen LogP contribution in [0.3, 0.4) is 0 Å². The van der Waals surface area contributed by atoms with Crippen LogP contribution in [-0.2, 0) is 4.79 Å². The molecule has 1 aliphatic rings. The van der Waals surface area contributed by atoms with Crippen molar-refractivity contribution in [3.63, 3.8) is 0 Å². The molecule has 1 aromatic rings. The summed E-state index contributed by atoms with van der Waals surface area (Å²) in [5, 5.41) is 0. The number of anilines is 1. The second kappa shape index (κ2) is 5.50. The Labute approximate surface area is 108 Å². The topological polar surface area (TPSA) is 49.6 Å². The van der Waals surface area contributed by atoms with Crippen molar-refractivity contribution in [1.82, 2.24) is 4.90 Å². The van der Waals surface area contributed by atoms with Crippen molar-refractivity contribution in [2.75, 3.05) is 31.6 Å². The summed E-state index contributed by atoms with van der Waals surface area (Å²) in [6.07, 6.45) is 0.979. The predicted molar refractivity (Wildman–Crippen MR) is 73.6 cm³/mol. The van der Waals surface area contributed by atoms with Crippen LogP contribution in [0, 0.1) is 6.92 Å². The highest BCUT2D eigenvalue weighted by molar-refractivity contribution is 5.98. The van der Waals surface area contributed by atoms with Gasteiger partial charge in [-0.2, -0.15) is 0 Å². The number of carbonyl (C=O) groups is 1. The third-order valence-corrected chi connectivity index (χ3v) is 3.61. The van der Waals surface area contributed by atoms with Gasteiger partial charge in [-0.25, -0.2) is 0 Å². The van der Waals surface area contributed by atoms with Gasteiger partial charge in [0.2, 0.25) is 5.91 Å². The van der Waals surface area contributed by atoms with E-state index in [2.05, 4.69) is 4.90 Å². The number of benzene rings is 1. The molecule has 0 aromatic heterocycles. The molecule has 1 amide bonds. The van der Waals surface area contributed by atoms with Crippen LogP contribution in [0.2, 0.25) is 0 Å². The van der Waals surface area contributed by atoms with Crippen molar-refractivity contribution in [2.45, 2.75) is 19.4 Å². The lowest BCUT2D eigenvalue weighted by atomic mass is 10.1. The van der Waals surface area contributed by atoms with E-state index in [1.807, 2.05) is 43.1 Å². The highest BCUT2D eigenvalue weighted by Gasteiger charge is 2.30. The summed E-state index contributed by atoms with van der Waals surface area (Å²) in [7, 11) is 1.97. The van der Waals surface area contributed by atoms with Crippen LogP contribution in [0.1, 0.15) is 12.0 Å². The Morgan fingerprint density at radius 2 is 2.06 bits per heavy atom. The molecule has 4 heteroatoms. The van der Waals surface area contributed by atoms with Gasteiger partial charge in [-0.05, 0) is 32.0 Å². The molecule has 1 unspecified atom stereocenters. The molecule has 0 radical (unpaired) electrons. The normalized spacial score (nSPS) is 22.1. The first-order valence-corrected chi connectivity index (χ1v) is 6.42. The number of nitrogens with two attached hydrogens (primary N) is 1. The number of rotatable bonds is 2. The second-order valence-corrected chi connectivity index (χ2v) is 4.86. The van der Waals surface area contributed by atoms with Gasteiger partial charge in [-0.3, -0.25) is 9.69 Å². The van der Waals surface area contributed by atoms with Crippen LogP contribution in [0.25, 0.3) is 0 Å². The van der Waals surface area contributed by atoms with Crippen LogP contribution in [0.5, 0.6) is 0 Å². The van der Waals surface area contributed by atoms with E-state index in [0.29, 0.717) is 6.54 Å². The minimum atomic E-state index is -0.202. The summed E-state index contributed by atoms with van der Waals surface area (Å²) in [5.41, 5.74) is 7.88. The summed E-state index contributed by atoms with van der Waals surface area (Å²) in [5.74, 6) is 0.117. The highest BCUT2D eigenvalue weighted by atomic mass is 16.2. The maximum Gasteiger partial charge on any atom is 0.245 e. The Bertz CT molecular complexity index is 433. The molecular formula is C14H21N3O. The van der Waals surface area contributed by atoms with E-state index < -0.39 is 0 Å². The van der Waals surface area contributed by atoms with Gasteiger partial charge >= 0.3 is 0 Å². The zero-order chi connectivity index (χ0) is 13.1. The molecule has 4 nitrogen and oxygen atoms in total. The average molecular weight is 247 g/mol. The van der Waals surface area contributed by atoms with Gasteiger partial charge in [0.15, 0.2) is 0 Å². The van der Waals surface area contributed by atoms with Gasteiger partial charge in [0, 0.05) is 25.3 Å². The SMILES string of the molecule is Cc1ccccc1N1CCCN(C)C(CN)C1=O. The van der Waals surface area contributed by atoms with Crippen molar-refractivity contribution in [3.05, 3.63) is 29.8 Å². The van der Waals surface area contributed by atoms with E-state index >= 15 is 0 Å². The van der Waals surface area contributed by atoms with Gasteiger partial charge in [0.1, 0.15) is 6.04 Å². The molecule has 1 fully saturated rings. The number of amides is 1. The van der Waals surface area contributed by atoms with E-state index in [4.69, 9.17) is 5.73 Å². The van der Waals surface area contributed by atoms with Gasteiger partial charge in [-0.1, -0.05) is 18.2 Å². The molecule has 1 aromatic carbocycles. The molecule has 0 bridgehead atoms. The largest absolute Gasteiger partial charge is 0.328 e. The zero-order valence-corrected chi connectivity index (χ0v) is 11.1. The predicted octanol–water partition coefficient (Wildman–Crippen LogP) is 0.991. The molecule has 1 saturated heterocycles. The molecule has 18 heavy (non-hydrogen) atoms. The standard InChI is InChI=1S/C14H21N3O/c1-11-6-3-4-7-12(11)17-9-5-8-16(2)13(10-15)14(17)18/h3-4,6-7,13H,5,8-10,15H2,1-2H3. The molecule has 0 spiro atoms. The number of para-hydroxylation sites is 1. The van der Waals surface area contributed by atoms with Crippen LogP contribution >= 0.6 is 0 Å². The van der Waals surface area contributed by atoms with E-state index in [-0.39, 0.29) is 11.9 Å². The first kappa shape index (κ1) is 13.1. The monoisotopic (exact) mass is 247 g/mol. The molecule has 0 saturated carbocycles. The third kappa shape index (κ3) is 2.40. The van der Waals surface area contributed by atoms with E-state index in [1.165, 1.54) is 0 Å². The van der Waals surface area contributed by atoms with Gasteiger partial charge < -0.3 is 10.6 Å². The molecule has 1 atom stereocenters. The second-order valence-electron chi connectivity index (χ2n) is 4.86. The summed E-state index contributed by atoms with van der Waals surface area (Å²) < 4.78 is 0. The van der Waals surface area contributed by atoms with E-state index in [9.17, 15) is 4.79 Å². The van der Waals surface area contributed by atoms with Crippen molar-refractivity contribution in [2.24, 2.45) is 5.73 Å². The highest BCUT2D eigenvalue weighted by Crippen LogP contribution is 2.22. The van der Waals surface area contributed by atoms with Crippen LogP contribution < -0.4 is 10.6 Å². The summed E-state index contributed by atoms with van der Waals surface area (Å²) >= 11 is 0. The molecule has 2 N–H and O–H groups in total. The molecule has 2 rings (SSSR count). The number of hydrogen-bond acceptors (Lipinski definition) is 3. The molecule has 1 aliphatic heterocycles. The first-order valence-electron chi connectivity index (χ1n) is 6.42. The first-order chi connectivity index (χ1) is 8.65. The maximum atomic E-state index is 12.5. The Morgan fingerprint density at radius 1 is 1.33 bits per heavy atom. The fourth-order valence-corrected chi connectivity index (χ4v) is 2.50. The van der Waals surface area contributed by atoms with Crippen molar-refractivity contribution in [3.8, 4) is 0 Å². The maximum absolute atomic E-state index is 12.5. The molecule has 1 heterocycles. The van der Waals surface area contributed by atoms with Crippen molar-refractivity contribution >= 4 is 11.6 Å². The molecule has 98 valence electrons. The van der Waals surface area contributed by atoms with Crippen LogP contribution in [0.15, 0.2) is 24.3 Å². The zero-order valence-electron chi connectivity index (χ0n) is 11.1. The minimum Gasteiger partial charge on any atom is -0.328 e. The minimum absolute atomic E-state index is 0.117. The number of likely N-dealkylation sites (N-methyl/N-ethyl adjacent to an activating group) is 1. The van der Waals surface area contributed by atoms with Crippen LogP contribution in [0.4, 0.5) is 5.69 Å². The Kier molecular flexibility index (Phi) is 3.99. The Hall–Kier alpha value is -1.39. The Balaban J connectivity index is 2.32. The lowest BCUT2D eigenvalue weighted by molar-refractivity contribution is -0.122. The number of nitrogens with zero attached hydrogens (tertiary/aromatic N) is 2. The summed E-state index contributed by atoms with van der Waals surface area (Å²) in [4.78, 5) is 16.5. The lowest BCUT2D eigenvalue weighted by Gasteiger charge is -2.28. The quantitative estimate of drug-likeness (QED) is 0.848. The van der Waals surface area contributed by atoms with E-state index in [0.717, 1.165) is 30.8 Å².